The van der Waals surface area contributed by atoms with Crippen LogP contribution in [0.25, 0.3) is 5.82 Å². The lowest BCUT2D eigenvalue weighted by Gasteiger charge is -2.22. The van der Waals surface area contributed by atoms with Gasteiger partial charge in [0.05, 0.1) is 36.2 Å². The molecule has 11 heteroatoms. The van der Waals surface area contributed by atoms with E-state index in [9.17, 15) is 18.0 Å². The van der Waals surface area contributed by atoms with Crippen molar-refractivity contribution in [2.24, 2.45) is 0 Å². The van der Waals surface area contributed by atoms with Crippen LogP contribution in [0.2, 0.25) is 5.15 Å². The van der Waals surface area contributed by atoms with Crippen molar-refractivity contribution in [1.29, 1.82) is 0 Å². The molecule has 4 aromatic heterocycles. The molecule has 0 unspecified atom stereocenters. The van der Waals surface area contributed by atoms with Gasteiger partial charge < -0.3 is 4.90 Å². The Morgan fingerprint density at radius 1 is 0.939 bits per heavy atom. The summed E-state index contributed by atoms with van der Waals surface area (Å²) in [6, 6.07) is 14.4. The smallest absolute Gasteiger partial charge is 0.327 e. The zero-order valence-corrected chi connectivity index (χ0v) is 17.7. The van der Waals surface area contributed by atoms with Crippen LogP contribution >= 0.6 is 11.6 Å². The fourth-order valence-corrected chi connectivity index (χ4v) is 3.37. The van der Waals surface area contributed by atoms with Crippen LogP contribution in [0, 0.1) is 0 Å². The Morgan fingerprint density at radius 2 is 1.58 bits per heavy atom. The molecule has 0 aromatic carbocycles. The molecule has 0 N–H and O–H groups in total. The van der Waals surface area contributed by atoms with Gasteiger partial charge in [-0.15, -0.1) is 0 Å². The molecule has 168 valence electrons. The van der Waals surface area contributed by atoms with Gasteiger partial charge in [-0.1, -0.05) is 29.8 Å². The average Bonchev–Trinajstić information content (AvgIpc) is 3.26. The zero-order chi connectivity index (χ0) is 23.4. The Bertz CT molecular complexity index is 1210. The molecule has 33 heavy (non-hydrogen) atoms. The summed E-state index contributed by atoms with van der Waals surface area (Å²) < 4.78 is 42.8. The number of pyridine rings is 3. The molecule has 0 saturated carbocycles. The molecule has 0 aliphatic carbocycles. The molecule has 4 heterocycles. The third-order valence-electron chi connectivity index (χ3n) is 4.63. The molecule has 0 spiro atoms. The normalized spacial score (nSPS) is 11.4. The van der Waals surface area contributed by atoms with Crippen LogP contribution in [0.3, 0.4) is 0 Å². The van der Waals surface area contributed by atoms with E-state index in [4.69, 9.17) is 11.6 Å². The Balaban J connectivity index is 1.76. The second-order valence-corrected chi connectivity index (χ2v) is 7.33. The topological polar surface area (TPSA) is 76.8 Å². The van der Waals surface area contributed by atoms with Gasteiger partial charge >= 0.3 is 6.18 Å². The van der Waals surface area contributed by atoms with E-state index in [0.717, 1.165) is 6.20 Å². The van der Waals surface area contributed by atoms with Gasteiger partial charge in [0.25, 0.3) is 5.91 Å². The highest BCUT2D eigenvalue weighted by Gasteiger charge is 2.42. The van der Waals surface area contributed by atoms with E-state index in [1.54, 1.807) is 48.8 Å². The van der Waals surface area contributed by atoms with Crippen LogP contribution in [0.1, 0.15) is 27.4 Å². The molecule has 0 fully saturated rings. The van der Waals surface area contributed by atoms with Crippen molar-refractivity contribution < 1.29 is 18.0 Å². The van der Waals surface area contributed by atoms with Crippen molar-refractivity contribution in [1.82, 2.24) is 29.6 Å². The van der Waals surface area contributed by atoms with Crippen LogP contribution in [0.4, 0.5) is 13.2 Å². The first-order valence-corrected chi connectivity index (χ1v) is 10.1. The average molecular weight is 473 g/mol. The fourth-order valence-electron chi connectivity index (χ4n) is 3.21. The number of rotatable bonds is 6. The molecular weight excluding hydrogens is 457 g/mol. The summed E-state index contributed by atoms with van der Waals surface area (Å²) in [7, 11) is 0. The van der Waals surface area contributed by atoms with Gasteiger partial charge in [-0.3, -0.25) is 14.8 Å². The number of alkyl halides is 3. The summed E-state index contributed by atoms with van der Waals surface area (Å²) >= 11 is 5.84. The van der Waals surface area contributed by atoms with E-state index in [1.165, 1.54) is 23.1 Å². The molecule has 0 radical (unpaired) electrons. The largest absolute Gasteiger partial charge is 0.434 e. The lowest BCUT2D eigenvalue weighted by Crippen LogP contribution is -2.32. The predicted octanol–water partition coefficient (Wildman–Crippen LogP) is 4.57. The summed E-state index contributed by atoms with van der Waals surface area (Å²) in [4.78, 5) is 26.9. The fraction of sp³-hybridized carbons (Fsp3) is 0.136. The highest BCUT2D eigenvalue weighted by molar-refractivity contribution is 6.29. The number of carbonyl (C=O) groups excluding carboxylic acids is 1. The van der Waals surface area contributed by atoms with Gasteiger partial charge in [0.1, 0.15) is 5.15 Å². The number of halogens is 4. The summed E-state index contributed by atoms with van der Waals surface area (Å²) in [5.74, 6) is -1.03. The minimum absolute atomic E-state index is 0.00377. The minimum atomic E-state index is -4.88. The quantitative estimate of drug-likeness (QED) is 0.384. The maximum absolute atomic E-state index is 14.1. The molecule has 0 aliphatic heterocycles. The van der Waals surface area contributed by atoms with Crippen LogP contribution in [0.5, 0.6) is 0 Å². The van der Waals surface area contributed by atoms with E-state index >= 15 is 0 Å². The number of amides is 1. The molecule has 0 bridgehead atoms. The lowest BCUT2D eigenvalue weighted by atomic mass is 10.2. The lowest BCUT2D eigenvalue weighted by molar-refractivity contribution is -0.143. The molecular formula is C22H16ClF3N6O. The van der Waals surface area contributed by atoms with Crippen LogP contribution in [-0.4, -0.2) is 35.5 Å². The third kappa shape index (κ3) is 5.17. The summed E-state index contributed by atoms with van der Waals surface area (Å²) in [6.45, 7) is -0.0394. The molecule has 4 aromatic rings. The highest BCUT2D eigenvalue weighted by Crippen LogP contribution is 2.34. The SMILES string of the molecule is O=C(c1cnn(-c2cccc(Cl)n2)c1C(F)(F)F)N(Cc1ccccn1)Cc1ccccn1. The number of hydrogen-bond acceptors (Lipinski definition) is 5. The molecule has 0 aliphatic rings. The highest BCUT2D eigenvalue weighted by atomic mass is 35.5. The van der Waals surface area contributed by atoms with Gasteiger partial charge in [-0.2, -0.15) is 18.3 Å². The van der Waals surface area contributed by atoms with E-state index in [2.05, 4.69) is 20.1 Å². The molecule has 4 rings (SSSR count). The van der Waals surface area contributed by atoms with Gasteiger partial charge in [-0.05, 0) is 36.4 Å². The first-order valence-electron chi connectivity index (χ1n) is 9.70. The number of hydrogen-bond donors (Lipinski definition) is 0. The maximum atomic E-state index is 14.1. The van der Waals surface area contributed by atoms with E-state index < -0.39 is 23.3 Å². The van der Waals surface area contributed by atoms with E-state index in [1.807, 2.05) is 0 Å². The maximum Gasteiger partial charge on any atom is 0.434 e. The first-order chi connectivity index (χ1) is 15.8. The van der Waals surface area contributed by atoms with Crippen molar-refractivity contribution in [3.05, 3.63) is 101 Å². The van der Waals surface area contributed by atoms with Crippen molar-refractivity contribution in [3.8, 4) is 5.82 Å². The Labute approximate surface area is 191 Å². The van der Waals surface area contributed by atoms with Crippen molar-refractivity contribution >= 4 is 17.5 Å². The molecule has 1 amide bonds. The predicted molar refractivity (Wildman–Crippen MR) is 113 cm³/mol. The van der Waals surface area contributed by atoms with Crippen LogP contribution in [0.15, 0.2) is 73.2 Å². The molecule has 0 atom stereocenters. The summed E-state index contributed by atoms with van der Waals surface area (Å²) in [6.07, 6.45) is -0.907. The monoisotopic (exact) mass is 472 g/mol. The van der Waals surface area contributed by atoms with Crippen molar-refractivity contribution in [3.63, 3.8) is 0 Å². The minimum Gasteiger partial charge on any atom is -0.327 e. The van der Waals surface area contributed by atoms with Gasteiger partial charge in [-0.25, -0.2) is 9.67 Å². The summed E-state index contributed by atoms with van der Waals surface area (Å²) in [5.41, 5.74) is -0.830. The second kappa shape index (κ2) is 9.37. The Kier molecular flexibility index (Phi) is 6.36. The third-order valence-corrected chi connectivity index (χ3v) is 4.84. The molecule has 7 nitrogen and oxygen atoms in total. The Morgan fingerprint density at radius 3 is 2.09 bits per heavy atom. The van der Waals surface area contributed by atoms with Crippen molar-refractivity contribution in [2.75, 3.05) is 0 Å². The van der Waals surface area contributed by atoms with Crippen LogP contribution in [-0.2, 0) is 19.3 Å². The molecule has 0 saturated heterocycles. The van der Waals surface area contributed by atoms with E-state index in [0.29, 0.717) is 16.1 Å². The number of nitrogens with zero attached hydrogens (tertiary/aromatic N) is 6. The van der Waals surface area contributed by atoms with Crippen molar-refractivity contribution in [2.45, 2.75) is 19.3 Å². The second-order valence-electron chi connectivity index (χ2n) is 6.94. The van der Waals surface area contributed by atoms with E-state index in [-0.39, 0.29) is 24.1 Å². The zero-order valence-electron chi connectivity index (χ0n) is 16.9. The van der Waals surface area contributed by atoms with Gasteiger partial charge in [0.15, 0.2) is 11.5 Å². The van der Waals surface area contributed by atoms with Crippen LogP contribution < -0.4 is 0 Å². The Hall–Kier alpha value is -3.79. The van der Waals surface area contributed by atoms with Gasteiger partial charge in [0.2, 0.25) is 0 Å². The first kappa shape index (κ1) is 22.4. The standard InChI is InChI=1S/C22H16ClF3N6O/c23-18-8-5-9-19(30-18)32-20(22(24,25)26)17(12-29-32)21(33)31(13-15-6-1-3-10-27-15)14-16-7-2-4-11-28-16/h1-12H,13-14H2. The number of carbonyl (C=O) groups is 1. The number of aromatic nitrogens is 5. The summed E-state index contributed by atoms with van der Waals surface area (Å²) in [5, 5.41) is 3.80. The van der Waals surface area contributed by atoms with Gasteiger partial charge in [0, 0.05) is 12.4 Å².